The van der Waals surface area contributed by atoms with Gasteiger partial charge < -0.3 is 27.8 Å². The Kier molecular flexibility index (Phi) is 18.4. The number of ether oxygens (including phenoxy) is 4. The molecule has 0 bridgehead atoms. The fraction of sp³-hybridized carbons (Fsp3) is 0.617. The predicted molar refractivity (Wildman–Crippen MR) is 238 cm³/mol. The molecule has 8 nitrogen and oxygen atoms in total. The van der Waals surface area contributed by atoms with Crippen LogP contribution in [0, 0.1) is 5.92 Å². The van der Waals surface area contributed by atoms with E-state index < -0.39 is 28.6 Å². The molecule has 0 saturated heterocycles. The highest BCUT2D eigenvalue weighted by Gasteiger charge is 2.38. The van der Waals surface area contributed by atoms with Crippen molar-refractivity contribution in [1.82, 2.24) is 0 Å². The van der Waals surface area contributed by atoms with Gasteiger partial charge in [-0.25, -0.2) is 9.59 Å². The Balaban J connectivity index is 1.63. The van der Waals surface area contributed by atoms with Gasteiger partial charge in [-0.1, -0.05) is 112 Å². The summed E-state index contributed by atoms with van der Waals surface area (Å²) in [6, 6.07) is 14.6. The van der Waals surface area contributed by atoms with Crippen LogP contribution < -0.4 is 9.47 Å². The van der Waals surface area contributed by atoms with Crippen LogP contribution in [0.1, 0.15) is 111 Å². The molecule has 2 aromatic rings. The lowest BCUT2D eigenvalue weighted by Gasteiger charge is -2.36. The lowest BCUT2D eigenvalue weighted by molar-refractivity contribution is -0.141. The minimum Gasteiger partial charge on any atom is -0.490 e. The van der Waals surface area contributed by atoms with Crippen LogP contribution in [-0.2, 0) is 27.9 Å². The number of hydrogen-bond acceptors (Lipinski definition) is 8. The van der Waals surface area contributed by atoms with Crippen LogP contribution in [0.25, 0.3) is 11.1 Å². The zero-order chi connectivity index (χ0) is 42.4. The van der Waals surface area contributed by atoms with Crippen LogP contribution in [0.5, 0.6) is 11.5 Å². The summed E-state index contributed by atoms with van der Waals surface area (Å²) < 4.78 is 35.4. The predicted octanol–water partition coefficient (Wildman–Crippen LogP) is 12.2. The van der Waals surface area contributed by atoms with Crippen LogP contribution in [-0.4, -0.2) is 68.2 Å². The lowest BCUT2D eigenvalue weighted by Crippen LogP contribution is -2.41. The van der Waals surface area contributed by atoms with Gasteiger partial charge in [0.05, 0.1) is 24.4 Å². The molecular formula is C47H74O8Si2. The van der Waals surface area contributed by atoms with E-state index in [1.54, 1.807) is 6.07 Å². The zero-order valence-corrected chi connectivity index (χ0v) is 39.3. The molecule has 0 heterocycles. The van der Waals surface area contributed by atoms with Crippen molar-refractivity contribution in [3.8, 4) is 22.6 Å². The third-order valence-electron chi connectivity index (χ3n) is 12.2. The molecule has 2 aromatic carbocycles. The second-order valence-electron chi connectivity index (χ2n) is 18.8. The van der Waals surface area contributed by atoms with E-state index in [-0.39, 0.29) is 60.9 Å². The lowest BCUT2D eigenvalue weighted by atomic mass is 9.77. The van der Waals surface area contributed by atoms with Gasteiger partial charge in [-0.2, -0.15) is 0 Å². The monoisotopic (exact) mass is 822 g/mol. The van der Waals surface area contributed by atoms with Gasteiger partial charge >= 0.3 is 11.9 Å². The number of rotatable bonds is 22. The van der Waals surface area contributed by atoms with Crippen molar-refractivity contribution in [2.75, 3.05) is 39.6 Å². The zero-order valence-electron chi connectivity index (χ0n) is 37.3. The van der Waals surface area contributed by atoms with Gasteiger partial charge in [0, 0.05) is 6.07 Å². The highest BCUT2D eigenvalue weighted by molar-refractivity contribution is 6.74. The maximum atomic E-state index is 12.7. The van der Waals surface area contributed by atoms with Gasteiger partial charge in [-0.15, -0.1) is 0 Å². The number of esters is 2. The van der Waals surface area contributed by atoms with E-state index in [2.05, 4.69) is 112 Å². The number of unbranched alkanes of at least 4 members (excludes halogenated alkanes) is 2. The molecule has 0 radical (unpaired) electrons. The fourth-order valence-corrected chi connectivity index (χ4v) is 8.13. The molecule has 1 aliphatic rings. The third kappa shape index (κ3) is 15.5. The Bertz CT molecular complexity index is 1530. The van der Waals surface area contributed by atoms with Crippen molar-refractivity contribution in [3.63, 3.8) is 0 Å². The standard InChI is InChI=1S/C47H74O8Si2/c1-14-15-16-17-37-18-20-38(21-19-37)39-22-24-40(25-23-39)41-30-42(50-26-28-52-44(48)35(2)33-54-56(10,11)46(4,5)6)32-43(31-41)51-27-29-53-45(49)36(3)34-55-57(12,13)47(7,8)9/h22-25,30-32,37-38H,2-3,14-21,26-29,33-34H2,1,4-13H3. The first kappa shape index (κ1) is 48.2. The van der Waals surface area contributed by atoms with E-state index in [9.17, 15) is 9.59 Å². The molecule has 1 saturated carbocycles. The molecule has 10 heteroatoms. The van der Waals surface area contributed by atoms with Crippen LogP contribution in [0.3, 0.4) is 0 Å². The van der Waals surface area contributed by atoms with Crippen LogP contribution in [0.4, 0.5) is 0 Å². The summed E-state index contributed by atoms with van der Waals surface area (Å²) in [6.07, 6.45) is 10.5. The molecule has 318 valence electrons. The van der Waals surface area contributed by atoms with Crippen molar-refractivity contribution in [1.29, 1.82) is 0 Å². The van der Waals surface area contributed by atoms with Crippen LogP contribution >= 0.6 is 0 Å². The summed E-state index contributed by atoms with van der Waals surface area (Å²) in [6.45, 7) is 32.2. The normalized spacial score (nSPS) is 16.5. The van der Waals surface area contributed by atoms with Crippen molar-refractivity contribution in [2.45, 2.75) is 142 Å². The first-order valence-corrected chi connectivity index (χ1v) is 26.9. The minimum absolute atomic E-state index is 0.0243. The SMILES string of the molecule is C=C(CO[Si](C)(C)C(C)(C)C)C(=O)OCCOc1cc(OCCOC(=O)C(=C)CO[Si](C)(C)C(C)(C)C)cc(-c2ccc(C3CCC(CCCCC)CC3)cc2)c1. The van der Waals surface area contributed by atoms with Gasteiger partial charge in [-0.3, -0.25) is 0 Å². The third-order valence-corrected chi connectivity index (χ3v) is 21.2. The van der Waals surface area contributed by atoms with Gasteiger partial charge in [0.1, 0.15) is 37.9 Å². The van der Waals surface area contributed by atoms with Gasteiger partial charge in [0.2, 0.25) is 0 Å². The Morgan fingerprint density at radius 1 is 0.649 bits per heavy atom. The van der Waals surface area contributed by atoms with E-state index >= 15 is 0 Å². The number of benzene rings is 2. The molecule has 0 amide bonds. The molecule has 0 unspecified atom stereocenters. The smallest absolute Gasteiger partial charge is 0.335 e. The van der Waals surface area contributed by atoms with E-state index in [0.717, 1.165) is 17.0 Å². The first-order valence-electron chi connectivity index (χ1n) is 21.1. The second-order valence-corrected chi connectivity index (χ2v) is 28.4. The largest absolute Gasteiger partial charge is 0.490 e. The maximum absolute atomic E-state index is 12.7. The van der Waals surface area contributed by atoms with Crippen molar-refractivity contribution in [3.05, 3.63) is 72.3 Å². The molecule has 0 atom stereocenters. The maximum Gasteiger partial charge on any atom is 0.335 e. The first-order chi connectivity index (χ1) is 26.6. The van der Waals surface area contributed by atoms with Crippen LogP contribution in [0.2, 0.25) is 36.3 Å². The summed E-state index contributed by atoms with van der Waals surface area (Å²) >= 11 is 0. The van der Waals surface area contributed by atoms with Crippen molar-refractivity contribution >= 4 is 28.6 Å². The van der Waals surface area contributed by atoms with E-state index in [4.69, 9.17) is 27.8 Å². The molecule has 0 aromatic heterocycles. The summed E-state index contributed by atoms with van der Waals surface area (Å²) in [5, 5.41) is 0.0487. The topological polar surface area (TPSA) is 89.5 Å². The average molecular weight is 823 g/mol. The van der Waals surface area contributed by atoms with Crippen LogP contribution in [0.15, 0.2) is 66.8 Å². The second kappa shape index (κ2) is 21.7. The summed E-state index contributed by atoms with van der Waals surface area (Å²) in [5.41, 5.74) is 3.93. The Morgan fingerprint density at radius 3 is 1.53 bits per heavy atom. The molecule has 57 heavy (non-hydrogen) atoms. The molecule has 3 rings (SSSR count). The highest BCUT2D eigenvalue weighted by Crippen LogP contribution is 2.40. The molecule has 0 N–H and O–H groups in total. The van der Waals surface area contributed by atoms with Crippen molar-refractivity contribution < 1.29 is 37.4 Å². The van der Waals surface area contributed by atoms with E-state index in [0.29, 0.717) is 17.4 Å². The van der Waals surface area contributed by atoms with E-state index in [1.807, 2.05) is 12.1 Å². The summed E-state index contributed by atoms with van der Waals surface area (Å²) in [7, 11) is -4.06. The molecule has 1 fully saturated rings. The Labute approximate surface area is 347 Å². The number of carbonyl (C=O) groups excluding carboxylic acids is 2. The van der Waals surface area contributed by atoms with Gasteiger partial charge in [0.15, 0.2) is 16.6 Å². The molecule has 0 aliphatic heterocycles. The van der Waals surface area contributed by atoms with Crippen molar-refractivity contribution in [2.24, 2.45) is 5.92 Å². The quantitative estimate of drug-likeness (QED) is 0.0502. The minimum atomic E-state index is -2.03. The average Bonchev–Trinajstić information content (AvgIpc) is 3.15. The Morgan fingerprint density at radius 2 is 1.11 bits per heavy atom. The fourth-order valence-electron chi connectivity index (χ4n) is 6.20. The molecular weight excluding hydrogens is 749 g/mol. The Hall–Kier alpha value is -3.19. The van der Waals surface area contributed by atoms with E-state index in [1.165, 1.54) is 56.9 Å². The summed E-state index contributed by atoms with van der Waals surface area (Å²) in [4.78, 5) is 25.3. The van der Waals surface area contributed by atoms with Gasteiger partial charge in [-0.05, 0) is 103 Å². The molecule has 0 spiro atoms. The number of carbonyl (C=O) groups is 2. The number of hydrogen-bond donors (Lipinski definition) is 0. The highest BCUT2D eigenvalue weighted by atomic mass is 28.4. The van der Waals surface area contributed by atoms with Gasteiger partial charge in [0.25, 0.3) is 0 Å². The molecule has 1 aliphatic carbocycles. The summed E-state index contributed by atoms with van der Waals surface area (Å²) in [5.74, 6) is 1.62.